The van der Waals surface area contributed by atoms with Crippen LogP contribution < -0.4 is 5.32 Å². The maximum atomic E-state index is 12.3. The Morgan fingerprint density at radius 2 is 1.82 bits per heavy atom. The average molecular weight is 407 g/mol. The number of rotatable bonds is 7. The van der Waals surface area contributed by atoms with Crippen molar-refractivity contribution in [3.05, 3.63) is 52.3 Å². The Hall–Kier alpha value is -2.80. The summed E-state index contributed by atoms with van der Waals surface area (Å²) in [6.45, 7) is 6.87. The molecule has 0 saturated carbocycles. The second kappa shape index (κ2) is 9.41. The monoisotopic (exact) mass is 406 g/mol. The maximum absolute atomic E-state index is 12.3. The molecule has 0 bridgehead atoms. The van der Waals surface area contributed by atoms with Crippen LogP contribution in [-0.2, 0) is 25.6 Å². The molecule has 28 heavy (non-hydrogen) atoms. The topological polar surface area (TPSA) is 86.6 Å². The van der Waals surface area contributed by atoms with Crippen molar-refractivity contribution in [2.75, 3.05) is 11.9 Å². The second-order valence-corrected chi connectivity index (χ2v) is 6.66. The van der Waals surface area contributed by atoms with Gasteiger partial charge in [-0.2, -0.15) is 0 Å². The van der Waals surface area contributed by atoms with Crippen molar-refractivity contribution in [1.82, 2.24) is 4.57 Å². The minimum Gasteiger partial charge on any atom is -0.462 e. The molecule has 1 atom stereocenters. The van der Waals surface area contributed by atoms with Crippen LogP contribution in [0.4, 0.5) is 5.69 Å². The molecule has 1 heterocycles. The third kappa shape index (κ3) is 5.36. The van der Waals surface area contributed by atoms with Crippen LogP contribution in [0.2, 0.25) is 5.02 Å². The number of esters is 2. The number of carbonyl (C=O) groups is 3. The minimum absolute atomic E-state index is 0.115. The molecule has 0 radical (unpaired) electrons. The van der Waals surface area contributed by atoms with Gasteiger partial charge in [-0.05, 0) is 58.0 Å². The van der Waals surface area contributed by atoms with Crippen LogP contribution in [0.25, 0.3) is 0 Å². The first-order valence-electron chi connectivity index (χ1n) is 8.82. The molecular weight excluding hydrogens is 384 g/mol. The number of aromatic nitrogens is 1. The van der Waals surface area contributed by atoms with E-state index in [0.717, 1.165) is 5.69 Å². The highest BCUT2D eigenvalue weighted by atomic mass is 35.5. The highest BCUT2D eigenvalue weighted by Crippen LogP contribution is 2.17. The summed E-state index contributed by atoms with van der Waals surface area (Å²) in [6.07, 6.45) is -0.983. The number of aryl methyl sites for hydroxylation is 1. The van der Waals surface area contributed by atoms with E-state index in [1.165, 1.54) is 6.92 Å². The number of amides is 1. The summed E-state index contributed by atoms with van der Waals surface area (Å²) in [7, 11) is 0. The zero-order valence-electron chi connectivity index (χ0n) is 16.2. The van der Waals surface area contributed by atoms with E-state index < -0.39 is 23.9 Å². The summed E-state index contributed by atoms with van der Waals surface area (Å²) in [6, 6.07) is 8.26. The van der Waals surface area contributed by atoms with Crippen molar-refractivity contribution < 1.29 is 23.9 Å². The van der Waals surface area contributed by atoms with Crippen molar-refractivity contribution in [3.8, 4) is 0 Å². The van der Waals surface area contributed by atoms with Crippen LogP contribution in [0.3, 0.4) is 0 Å². The van der Waals surface area contributed by atoms with Gasteiger partial charge in [-0.1, -0.05) is 11.6 Å². The van der Waals surface area contributed by atoms with E-state index in [2.05, 4.69) is 5.32 Å². The smallest absolute Gasteiger partial charge is 0.339 e. The summed E-state index contributed by atoms with van der Waals surface area (Å²) < 4.78 is 11.9. The number of halogens is 1. The molecule has 1 amide bonds. The lowest BCUT2D eigenvalue weighted by Crippen LogP contribution is -2.31. The lowest BCUT2D eigenvalue weighted by molar-refractivity contribution is -0.153. The van der Waals surface area contributed by atoms with E-state index >= 15 is 0 Å². The molecule has 0 aliphatic rings. The van der Waals surface area contributed by atoms with Crippen LogP contribution >= 0.6 is 11.6 Å². The molecular formula is C20H23ClN2O5. The van der Waals surface area contributed by atoms with Gasteiger partial charge in [0.05, 0.1) is 12.2 Å². The van der Waals surface area contributed by atoms with Gasteiger partial charge in [0.2, 0.25) is 0 Å². The predicted molar refractivity (Wildman–Crippen MR) is 105 cm³/mol. The fourth-order valence-corrected chi connectivity index (χ4v) is 2.78. The summed E-state index contributed by atoms with van der Waals surface area (Å²) in [5, 5.41) is 3.20. The van der Waals surface area contributed by atoms with Crippen LogP contribution in [-0.4, -0.2) is 35.1 Å². The molecule has 2 rings (SSSR count). The number of carbonyl (C=O) groups excluding carboxylic acids is 3. The first-order chi connectivity index (χ1) is 13.2. The fourth-order valence-electron chi connectivity index (χ4n) is 2.65. The minimum atomic E-state index is -0.983. The highest BCUT2D eigenvalue weighted by Gasteiger charge is 2.21. The first kappa shape index (κ1) is 21.5. The van der Waals surface area contributed by atoms with Gasteiger partial charge in [0.1, 0.15) is 6.54 Å². The molecule has 0 aliphatic heterocycles. The van der Waals surface area contributed by atoms with Gasteiger partial charge in [-0.3, -0.25) is 9.59 Å². The van der Waals surface area contributed by atoms with Gasteiger partial charge in [-0.25, -0.2) is 4.79 Å². The molecule has 150 valence electrons. The number of anilines is 1. The van der Waals surface area contributed by atoms with Crippen molar-refractivity contribution in [1.29, 1.82) is 0 Å². The number of hydrogen-bond acceptors (Lipinski definition) is 5. The largest absolute Gasteiger partial charge is 0.462 e. The van der Waals surface area contributed by atoms with Crippen molar-refractivity contribution in [2.45, 2.75) is 40.3 Å². The van der Waals surface area contributed by atoms with E-state index in [1.807, 2.05) is 0 Å². The molecule has 1 aromatic carbocycles. The molecule has 2 aromatic rings. The van der Waals surface area contributed by atoms with Crippen molar-refractivity contribution in [3.63, 3.8) is 0 Å². The molecule has 7 nitrogen and oxygen atoms in total. The van der Waals surface area contributed by atoms with Gasteiger partial charge in [-0.15, -0.1) is 0 Å². The molecule has 1 N–H and O–H groups in total. The Labute approximate surface area is 168 Å². The molecule has 1 aromatic heterocycles. The van der Waals surface area contributed by atoms with Gasteiger partial charge in [0.25, 0.3) is 5.91 Å². The quantitative estimate of drug-likeness (QED) is 0.711. The SMILES string of the molecule is CCOC(=O)c1cc(C)n(CC(=O)O[C@@H](C)C(=O)Nc2ccc(Cl)cc2)c1C. The molecule has 0 unspecified atom stereocenters. The summed E-state index contributed by atoms with van der Waals surface area (Å²) in [5.41, 5.74) is 2.27. The Balaban J connectivity index is 1.98. The van der Waals surface area contributed by atoms with Crippen molar-refractivity contribution >= 4 is 35.1 Å². The molecule has 0 fully saturated rings. The number of benzene rings is 1. The lowest BCUT2D eigenvalue weighted by Gasteiger charge is -2.15. The van der Waals surface area contributed by atoms with Crippen LogP contribution in [0.15, 0.2) is 30.3 Å². The Kier molecular flexibility index (Phi) is 7.23. The van der Waals surface area contributed by atoms with E-state index in [0.29, 0.717) is 22.0 Å². The zero-order valence-corrected chi connectivity index (χ0v) is 17.0. The van der Waals surface area contributed by atoms with E-state index in [4.69, 9.17) is 21.1 Å². The van der Waals surface area contributed by atoms with Crippen molar-refractivity contribution in [2.24, 2.45) is 0 Å². The maximum Gasteiger partial charge on any atom is 0.339 e. The predicted octanol–water partition coefficient (Wildman–Crippen LogP) is 3.51. The van der Waals surface area contributed by atoms with Crippen LogP contribution in [0.1, 0.15) is 35.6 Å². The number of nitrogens with one attached hydrogen (secondary N) is 1. The third-order valence-corrected chi connectivity index (χ3v) is 4.40. The molecule has 8 heteroatoms. The van der Waals surface area contributed by atoms with E-state index in [9.17, 15) is 14.4 Å². The molecule has 0 spiro atoms. The summed E-state index contributed by atoms with van der Waals surface area (Å²) in [5.74, 6) is -1.48. The lowest BCUT2D eigenvalue weighted by atomic mass is 10.2. The Morgan fingerprint density at radius 3 is 2.43 bits per heavy atom. The molecule has 0 aliphatic carbocycles. The Morgan fingerprint density at radius 1 is 1.18 bits per heavy atom. The average Bonchev–Trinajstić information content (AvgIpc) is 2.92. The standard InChI is InChI=1S/C20H23ClN2O5/c1-5-27-20(26)17-10-12(2)23(13(17)3)11-18(24)28-14(4)19(25)22-16-8-6-15(21)7-9-16/h6-10,14H,5,11H2,1-4H3,(H,22,25)/t14-/m0/s1. The number of hydrogen-bond donors (Lipinski definition) is 1. The second-order valence-electron chi connectivity index (χ2n) is 6.22. The van der Waals surface area contributed by atoms with Gasteiger partial charge >= 0.3 is 11.9 Å². The first-order valence-corrected chi connectivity index (χ1v) is 9.20. The highest BCUT2D eigenvalue weighted by molar-refractivity contribution is 6.30. The van der Waals surface area contributed by atoms with Gasteiger partial charge in [0.15, 0.2) is 6.10 Å². The van der Waals surface area contributed by atoms with E-state index in [1.54, 1.807) is 55.7 Å². The number of ether oxygens (including phenoxy) is 2. The van der Waals surface area contributed by atoms with Crippen LogP contribution in [0, 0.1) is 13.8 Å². The van der Waals surface area contributed by atoms with E-state index in [-0.39, 0.29) is 13.2 Å². The zero-order chi connectivity index (χ0) is 20.8. The molecule has 0 saturated heterocycles. The third-order valence-electron chi connectivity index (χ3n) is 4.15. The summed E-state index contributed by atoms with van der Waals surface area (Å²) in [4.78, 5) is 36.4. The number of nitrogens with zero attached hydrogens (tertiary/aromatic N) is 1. The van der Waals surface area contributed by atoms with Gasteiger partial charge < -0.3 is 19.4 Å². The normalized spacial score (nSPS) is 11.6. The summed E-state index contributed by atoms with van der Waals surface area (Å²) >= 11 is 5.81. The fraction of sp³-hybridized carbons (Fsp3) is 0.350. The Bertz CT molecular complexity index is 873. The van der Waals surface area contributed by atoms with Gasteiger partial charge in [0, 0.05) is 22.1 Å². The van der Waals surface area contributed by atoms with Crippen LogP contribution in [0.5, 0.6) is 0 Å².